The first-order chi connectivity index (χ1) is 5.88. The molecule has 0 atom stereocenters. The summed E-state index contributed by atoms with van der Waals surface area (Å²) in [6, 6.07) is 5.89. The number of aromatic nitrogens is 1. The summed E-state index contributed by atoms with van der Waals surface area (Å²) in [6.45, 7) is 1.90. The van der Waals surface area contributed by atoms with E-state index in [1.54, 1.807) is 6.20 Å². The fourth-order valence-electron chi connectivity index (χ4n) is 1.30. The average molecular weight is 161 g/mol. The van der Waals surface area contributed by atoms with Crippen LogP contribution in [0, 0.1) is 0 Å². The van der Waals surface area contributed by atoms with E-state index in [0.29, 0.717) is 0 Å². The number of hydrogen-bond donors (Lipinski definition) is 0. The van der Waals surface area contributed by atoms with E-state index in [2.05, 4.69) is 14.9 Å². The zero-order chi connectivity index (χ0) is 8.39. The Labute approximate surface area is 71.8 Å². The standard InChI is InChI=1S/C9H11N3/c1-12-7-6-11-9(12)8-4-2-3-5-10-8/h2-5H,6-7H2,1H3. The first-order valence-corrected chi connectivity index (χ1v) is 4.05. The average Bonchev–Trinajstić information content (AvgIpc) is 2.53. The van der Waals surface area contributed by atoms with E-state index in [9.17, 15) is 0 Å². The van der Waals surface area contributed by atoms with Crippen LogP contribution in [0.5, 0.6) is 0 Å². The molecule has 0 amide bonds. The second-order valence-electron chi connectivity index (χ2n) is 2.84. The Bertz CT molecular complexity index is 292. The molecule has 0 unspecified atom stereocenters. The molecular formula is C9H11N3. The third kappa shape index (κ3) is 1.18. The quantitative estimate of drug-likeness (QED) is 0.608. The van der Waals surface area contributed by atoms with Crippen LogP contribution in [0.3, 0.4) is 0 Å². The number of aliphatic imine (C=N–C) groups is 1. The van der Waals surface area contributed by atoms with Gasteiger partial charge in [-0.15, -0.1) is 0 Å². The molecule has 0 aromatic carbocycles. The Morgan fingerprint density at radius 1 is 1.42 bits per heavy atom. The van der Waals surface area contributed by atoms with E-state index in [0.717, 1.165) is 24.6 Å². The summed E-state index contributed by atoms with van der Waals surface area (Å²) in [7, 11) is 2.04. The lowest BCUT2D eigenvalue weighted by molar-refractivity contribution is 0.555. The third-order valence-electron chi connectivity index (χ3n) is 1.95. The lowest BCUT2D eigenvalue weighted by Gasteiger charge is -2.12. The molecule has 0 N–H and O–H groups in total. The van der Waals surface area contributed by atoms with Crippen LogP contribution in [0.1, 0.15) is 5.69 Å². The van der Waals surface area contributed by atoms with Crippen LogP contribution in [-0.4, -0.2) is 35.9 Å². The number of nitrogens with zero attached hydrogens (tertiary/aromatic N) is 3. The predicted octanol–water partition coefficient (Wildman–Crippen LogP) is 0.774. The van der Waals surface area contributed by atoms with E-state index in [4.69, 9.17) is 0 Å². The molecule has 3 nitrogen and oxygen atoms in total. The highest BCUT2D eigenvalue weighted by molar-refractivity contribution is 5.97. The summed E-state index contributed by atoms with van der Waals surface area (Å²) in [5.41, 5.74) is 0.970. The van der Waals surface area contributed by atoms with Crippen LogP contribution < -0.4 is 0 Å². The molecule has 0 bridgehead atoms. The van der Waals surface area contributed by atoms with Gasteiger partial charge in [-0.1, -0.05) is 6.07 Å². The lowest BCUT2D eigenvalue weighted by atomic mass is 10.3. The molecule has 1 aromatic heterocycles. The van der Waals surface area contributed by atoms with Crippen LogP contribution in [0.25, 0.3) is 0 Å². The molecule has 2 rings (SSSR count). The highest BCUT2D eigenvalue weighted by Crippen LogP contribution is 2.05. The molecule has 0 saturated heterocycles. The third-order valence-corrected chi connectivity index (χ3v) is 1.95. The van der Waals surface area contributed by atoms with Crippen molar-refractivity contribution in [2.24, 2.45) is 4.99 Å². The smallest absolute Gasteiger partial charge is 0.149 e. The Morgan fingerprint density at radius 2 is 2.33 bits per heavy atom. The summed E-state index contributed by atoms with van der Waals surface area (Å²) in [5, 5.41) is 0. The van der Waals surface area contributed by atoms with Crippen molar-refractivity contribution in [2.45, 2.75) is 0 Å². The summed E-state index contributed by atoms with van der Waals surface area (Å²) < 4.78 is 0. The van der Waals surface area contributed by atoms with E-state index >= 15 is 0 Å². The van der Waals surface area contributed by atoms with Gasteiger partial charge in [0.1, 0.15) is 11.5 Å². The van der Waals surface area contributed by atoms with Crippen molar-refractivity contribution in [3.63, 3.8) is 0 Å². The maximum Gasteiger partial charge on any atom is 0.149 e. The number of hydrogen-bond acceptors (Lipinski definition) is 3. The molecule has 3 heteroatoms. The van der Waals surface area contributed by atoms with Crippen LogP contribution in [0.4, 0.5) is 0 Å². The number of amidine groups is 1. The Hall–Kier alpha value is -1.38. The molecular weight excluding hydrogens is 150 g/mol. The first-order valence-electron chi connectivity index (χ1n) is 4.05. The molecule has 62 valence electrons. The van der Waals surface area contributed by atoms with Crippen molar-refractivity contribution in [3.05, 3.63) is 30.1 Å². The fourth-order valence-corrected chi connectivity index (χ4v) is 1.30. The summed E-state index contributed by atoms with van der Waals surface area (Å²) in [4.78, 5) is 10.7. The molecule has 0 radical (unpaired) electrons. The maximum absolute atomic E-state index is 4.37. The normalized spacial score (nSPS) is 16.4. The largest absolute Gasteiger partial charge is 0.356 e. The molecule has 0 fully saturated rings. The van der Waals surface area contributed by atoms with Gasteiger partial charge in [0.05, 0.1) is 6.54 Å². The molecule has 1 aliphatic rings. The molecule has 1 aromatic rings. The minimum absolute atomic E-state index is 0.891. The Balaban J connectivity index is 2.31. The van der Waals surface area contributed by atoms with Gasteiger partial charge in [-0.25, -0.2) is 0 Å². The van der Waals surface area contributed by atoms with Gasteiger partial charge in [0.15, 0.2) is 0 Å². The van der Waals surface area contributed by atoms with Crippen molar-refractivity contribution in [1.29, 1.82) is 0 Å². The van der Waals surface area contributed by atoms with Crippen molar-refractivity contribution < 1.29 is 0 Å². The van der Waals surface area contributed by atoms with Crippen molar-refractivity contribution >= 4 is 5.84 Å². The molecule has 0 saturated carbocycles. The highest BCUT2D eigenvalue weighted by atomic mass is 15.2. The van der Waals surface area contributed by atoms with Gasteiger partial charge in [0.2, 0.25) is 0 Å². The van der Waals surface area contributed by atoms with Gasteiger partial charge in [0.25, 0.3) is 0 Å². The molecule has 1 aliphatic heterocycles. The SMILES string of the molecule is CN1CCN=C1c1ccccn1. The van der Waals surface area contributed by atoms with E-state index in [-0.39, 0.29) is 0 Å². The Morgan fingerprint density at radius 3 is 2.92 bits per heavy atom. The monoisotopic (exact) mass is 161 g/mol. The first kappa shape index (κ1) is 7.28. The van der Waals surface area contributed by atoms with Gasteiger partial charge >= 0.3 is 0 Å². The summed E-state index contributed by atoms with van der Waals surface area (Å²) in [6.07, 6.45) is 1.80. The van der Waals surface area contributed by atoms with Crippen molar-refractivity contribution in [2.75, 3.05) is 20.1 Å². The van der Waals surface area contributed by atoms with Crippen LogP contribution >= 0.6 is 0 Å². The second-order valence-corrected chi connectivity index (χ2v) is 2.84. The van der Waals surface area contributed by atoms with Crippen LogP contribution in [0.15, 0.2) is 29.4 Å². The second kappa shape index (κ2) is 2.93. The van der Waals surface area contributed by atoms with Gasteiger partial charge in [-0.05, 0) is 12.1 Å². The summed E-state index contributed by atoms with van der Waals surface area (Å²) in [5.74, 6) is 1.01. The molecule has 12 heavy (non-hydrogen) atoms. The van der Waals surface area contributed by atoms with Crippen molar-refractivity contribution in [3.8, 4) is 0 Å². The van der Waals surface area contributed by atoms with Gasteiger partial charge in [0, 0.05) is 19.8 Å². The predicted molar refractivity (Wildman–Crippen MR) is 48.3 cm³/mol. The number of rotatable bonds is 1. The van der Waals surface area contributed by atoms with Gasteiger partial charge in [-0.3, -0.25) is 9.98 Å². The highest BCUT2D eigenvalue weighted by Gasteiger charge is 2.14. The lowest BCUT2D eigenvalue weighted by Crippen LogP contribution is -2.24. The maximum atomic E-state index is 4.37. The minimum Gasteiger partial charge on any atom is -0.356 e. The zero-order valence-electron chi connectivity index (χ0n) is 7.07. The van der Waals surface area contributed by atoms with Crippen LogP contribution in [-0.2, 0) is 0 Å². The van der Waals surface area contributed by atoms with Gasteiger partial charge in [-0.2, -0.15) is 0 Å². The van der Waals surface area contributed by atoms with E-state index in [1.807, 2.05) is 25.2 Å². The van der Waals surface area contributed by atoms with Gasteiger partial charge < -0.3 is 4.90 Å². The fraction of sp³-hybridized carbons (Fsp3) is 0.333. The zero-order valence-corrected chi connectivity index (χ0v) is 7.07. The van der Waals surface area contributed by atoms with E-state index in [1.165, 1.54) is 0 Å². The van der Waals surface area contributed by atoms with Crippen LogP contribution in [0.2, 0.25) is 0 Å². The molecule has 0 spiro atoms. The van der Waals surface area contributed by atoms with Crippen molar-refractivity contribution in [1.82, 2.24) is 9.88 Å². The van der Waals surface area contributed by atoms with E-state index < -0.39 is 0 Å². The number of likely N-dealkylation sites (N-methyl/N-ethyl adjacent to an activating group) is 1. The topological polar surface area (TPSA) is 28.5 Å². The minimum atomic E-state index is 0.891. The molecule has 0 aliphatic carbocycles. The molecule has 2 heterocycles. The number of pyridine rings is 1. The summed E-state index contributed by atoms with van der Waals surface area (Å²) >= 11 is 0. The Kier molecular flexibility index (Phi) is 1.78.